The molecule has 2 aromatic heterocycles. The molecule has 1 fully saturated rings. The average Bonchev–Trinajstić information content (AvgIpc) is 3.18. The lowest BCUT2D eigenvalue weighted by atomic mass is 10.1. The minimum atomic E-state index is -2.26. The highest BCUT2D eigenvalue weighted by atomic mass is 32.2. The van der Waals surface area contributed by atoms with Crippen molar-refractivity contribution in [1.82, 2.24) is 20.0 Å². The van der Waals surface area contributed by atoms with Crippen LogP contribution in [0.3, 0.4) is 0 Å². The lowest BCUT2D eigenvalue weighted by Gasteiger charge is -2.38. The quantitative estimate of drug-likeness (QED) is 0.540. The van der Waals surface area contributed by atoms with E-state index in [1.807, 2.05) is 24.3 Å². The Balaban J connectivity index is 1.27. The van der Waals surface area contributed by atoms with E-state index in [2.05, 4.69) is 20.0 Å². The van der Waals surface area contributed by atoms with Crippen LogP contribution < -0.4 is 4.74 Å². The normalized spacial score (nSPS) is 14.4. The smallest absolute Gasteiger partial charge is 0.240 e. The van der Waals surface area contributed by atoms with Gasteiger partial charge in [-0.2, -0.15) is 13.4 Å². The minimum Gasteiger partial charge on any atom is -0.488 e. The number of nitrogens with one attached hydrogen (secondary N) is 1. The molecule has 4 rings (SSSR count). The second-order valence-corrected chi connectivity index (χ2v) is 7.89. The van der Waals surface area contributed by atoms with Crippen molar-refractivity contribution in [2.45, 2.75) is 19.1 Å². The van der Waals surface area contributed by atoms with E-state index in [1.54, 1.807) is 19.4 Å². The van der Waals surface area contributed by atoms with Crippen molar-refractivity contribution in [3.63, 3.8) is 0 Å². The molecule has 0 atom stereocenters. The van der Waals surface area contributed by atoms with E-state index in [0.717, 1.165) is 30.0 Å². The Morgan fingerprint density at radius 3 is 2.60 bits per heavy atom. The maximum Gasteiger partial charge on any atom is 0.240 e. The number of benzene rings is 1. The molecule has 3 aromatic rings. The lowest BCUT2D eigenvalue weighted by Crippen LogP contribution is -2.53. The van der Waals surface area contributed by atoms with Crippen LogP contribution in [0.2, 0.25) is 0 Å². The van der Waals surface area contributed by atoms with Crippen molar-refractivity contribution in [2.75, 3.05) is 26.8 Å². The molecule has 3 heterocycles. The minimum absolute atomic E-state index is 0.117. The molecule has 30 heavy (non-hydrogen) atoms. The monoisotopic (exact) mass is 430 g/mol. The lowest BCUT2D eigenvalue weighted by molar-refractivity contribution is 0.00864. The standard InChI is InChI=1S/C20H22N4O5S/c1-27-9-8-18-22-19(29-23-18)13-24-11-17(12-24)28-16-5-2-14(3-6-16)15-4-7-20(21-10-15)30(25)26/h2-7,10,17,21H,8-9,11-13H2,1H3. The zero-order valence-corrected chi connectivity index (χ0v) is 17.3. The van der Waals surface area contributed by atoms with Gasteiger partial charge in [0.2, 0.25) is 16.2 Å². The van der Waals surface area contributed by atoms with Crippen molar-refractivity contribution in [2.24, 2.45) is 0 Å². The molecule has 0 aliphatic carbocycles. The van der Waals surface area contributed by atoms with Gasteiger partial charge >= 0.3 is 0 Å². The summed E-state index contributed by atoms with van der Waals surface area (Å²) in [4.78, 5) is 9.30. The average molecular weight is 430 g/mol. The highest BCUT2D eigenvalue weighted by Gasteiger charge is 2.29. The summed E-state index contributed by atoms with van der Waals surface area (Å²) >= 11 is 0. The SMILES string of the molecule is COCCc1noc(CN2CC(Oc3ccc(-c4ccc(=S(=O)=O)[nH]c4)cc3)C2)n1. The van der Waals surface area contributed by atoms with Crippen LogP contribution in [0, 0.1) is 4.64 Å². The van der Waals surface area contributed by atoms with Gasteiger partial charge in [0.05, 0.1) is 13.2 Å². The first-order valence-corrected chi connectivity index (χ1v) is 10.6. The number of hydrogen-bond donors (Lipinski definition) is 1. The molecule has 0 unspecified atom stereocenters. The fraction of sp³-hybridized carbons (Fsp3) is 0.350. The summed E-state index contributed by atoms with van der Waals surface area (Å²) in [5.41, 5.74) is 1.87. The fourth-order valence-electron chi connectivity index (χ4n) is 3.18. The maximum absolute atomic E-state index is 10.9. The highest BCUT2D eigenvalue weighted by Crippen LogP contribution is 2.24. The van der Waals surface area contributed by atoms with E-state index in [-0.39, 0.29) is 10.7 Å². The Bertz CT molecular complexity index is 1140. The van der Waals surface area contributed by atoms with Gasteiger partial charge in [0.15, 0.2) is 10.5 Å². The number of likely N-dealkylation sites (tertiary alicyclic amines) is 1. The van der Waals surface area contributed by atoms with Gasteiger partial charge in [-0.3, -0.25) is 4.90 Å². The van der Waals surface area contributed by atoms with E-state index in [9.17, 15) is 8.42 Å². The molecular weight excluding hydrogens is 408 g/mol. The summed E-state index contributed by atoms with van der Waals surface area (Å²) in [5, 5.41) is 3.94. The Hall–Kier alpha value is -2.95. The summed E-state index contributed by atoms with van der Waals surface area (Å²) in [6.07, 6.45) is 2.43. The van der Waals surface area contributed by atoms with Gasteiger partial charge in [0.1, 0.15) is 11.9 Å². The van der Waals surface area contributed by atoms with Crippen LogP contribution in [0.25, 0.3) is 11.1 Å². The molecule has 1 aliphatic rings. The van der Waals surface area contributed by atoms with Gasteiger partial charge in [-0.05, 0) is 35.4 Å². The van der Waals surface area contributed by atoms with Crippen LogP contribution >= 0.6 is 0 Å². The van der Waals surface area contributed by atoms with Gasteiger partial charge in [-0.1, -0.05) is 17.3 Å². The molecule has 9 nitrogen and oxygen atoms in total. The summed E-state index contributed by atoms with van der Waals surface area (Å²) in [6.45, 7) is 2.77. The van der Waals surface area contributed by atoms with Gasteiger partial charge in [-0.15, -0.1) is 0 Å². The third kappa shape index (κ3) is 4.96. The molecule has 0 radical (unpaired) electrons. The summed E-state index contributed by atoms with van der Waals surface area (Å²) in [5.74, 6) is 2.06. The van der Waals surface area contributed by atoms with Crippen LogP contribution in [0.4, 0.5) is 0 Å². The van der Waals surface area contributed by atoms with Gasteiger partial charge < -0.3 is 19.0 Å². The van der Waals surface area contributed by atoms with E-state index < -0.39 is 10.3 Å². The van der Waals surface area contributed by atoms with Crippen LogP contribution in [-0.2, 0) is 28.0 Å². The van der Waals surface area contributed by atoms with Crippen molar-refractivity contribution < 1.29 is 22.4 Å². The molecule has 1 saturated heterocycles. The Labute approximate surface area is 174 Å². The molecule has 10 heteroatoms. The fourth-order valence-corrected chi connectivity index (χ4v) is 3.51. The predicted molar refractivity (Wildman–Crippen MR) is 108 cm³/mol. The Morgan fingerprint density at radius 1 is 1.17 bits per heavy atom. The molecule has 158 valence electrons. The maximum atomic E-state index is 10.9. The first kappa shape index (κ1) is 20.3. The number of hydrogen-bond acceptors (Lipinski definition) is 8. The molecule has 0 amide bonds. The molecule has 1 N–H and O–H groups in total. The molecule has 1 aliphatic heterocycles. The number of rotatable bonds is 8. The van der Waals surface area contributed by atoms with Gasteiger partial charge in [-0.25, -0.2) is 0 Å². The largest absolute Gasteiger partial charge is 0.488 e. The Kier molecular flexibility index (Phi) is 6.26. The van der Waals surface area contributed by atoms with Crippen LogP contribution in [0.15, 0.2) is 47.1 Å². The zero-order valence-electron chi connectivity index (χ0n) is 16.4. The van der Waals surface area contributed by atoms with Gasteiger partial charge in [0, 0.05) is 32.8 Å². The topological polar surface area (TPSA) is 111 Å². The summed E-state index contributed by atoms with van der Waals surface area (Å²) in [6, 6.07) is 11.0. The summed E-state index contributed by atoms with van der Waals surface area (Å²) in [7, 11) is -0.620. The number of H-pyrrole nitrogens is 1. The predicted octanol–water partition coefficient (Wildman–Crippen LogP) is 1.93. The second-order valence-electron chi connectivity index (χ2n) is 6.98. The Morgan fingerprint density at radius 2 is 1.93 bits per heavy atom. The third-order valence-electron chi connectivity index (χ3n) is 4.78. The number of pyridine rings is 1. The van der Waals surface area contributed by atoms with Crippen molar-refractivity contribution in [1.29, 1.82) is 0 Å². The number of aromatic nitrogens is 3. The van der Waals surface area contributed by atoms with E-state index in [4.69, 9.17) is 14.0 Å². The van der Waals surface area contributed by atoms with Gasteiger partial charge in [0.25, 0.3) is 0 Å². The highest BCUT2D eigenvalue weighted by molar-refractivity contribution is 7.63. The number of nitrogens with zero attached hydrogens (tertiary/aromatic N) is 3. The van der Waals surface area contributed by atoms with Crippen LogP contribution in [-0.4, -0.2) is 61.4 Å². The van der Waals surface area contributed by atoms with E-state index >= 15 is 0 Å². The zero-order chi connectivity index (χ0) is 20.9. The van der Waals surface area contributed by atoms with E-state index in [0.29, 0.717) is 31.3 Å². The van der Waals surface area contributed by atoms with E-state index in [1.165, 1.54) is 6.07 Å². The second kappa shape index (κ2) is 9.24. The molecule has 0 spiro atoms. The van der Waals surface area contributed by atoms with Crippen LogP contribution in [0.1, 0.15) is 11.7 Å². The van der Waals surface area contributed by atoms with Crippen LogP contribution in [0.5, 0.6) is 5.75 Å². The molecule has 1 aromatic carbocycles. The number of aromatic amines is 1. The number of methoxy groups -OCH3 is 1. The van der Waals surface area contributed by atoms with Crippen molar-refractivity contribution in [3.05, 3.63) is 59.0 Å². The molecular formula is C20H22N4O5S. The number of ether oxygens (including phenoxy) is 2. The summed E-state index contributed by atoms with van der Waals surface area (Å²) < 4.78 is 38.3. The molecule has 0 bridgehead atoms. The first-order chi connectivity index (χ1) is 14.6. The molecule has 0 saturated carbocycles. The van der Waals surface area contributed by atoms with Crippen molar-refractivity contribution in [3.8, 4) is 16.9 Å². The third-order valence-corrected chi connectivity index (χ3v) is 5.39. The van der Waals surface area contributed by atoms with Crippen molar-refractivity contribution >= 4 is 10.3 Å². The first-order valence-electron chi connectivity index (χ1n) is 9.51.